The van der Waals surface area contributed by atoms with Gasteiger partial charge in [0.1, 0.15) is 0 Å². The van der Waals surface area contributed by atoms with Gasteiger partial charge in [-0.05, 0) is 23.4 Å². The first kappa shape index (κ1) is 12.1. The van der Waals surface area contributed by atoms with Crippen molar-refractivity contribution in [2.45, 2.75) is 19.0 Å². The van der Waals surface area contributed by atoms with Crippen LogP contribution in [0.25, 0.3) is 0 Å². The maximum Gasteiger partial charge on any atom is 0.0452 e. The topological polar surface area (TPSA) is 12.0 Å². The quantitative estimate of drug-likeness (QED) is 0.751. The van der Waals surface area contributed by atoms with Crippen molar-refractivity contribution in [3.8, 4) is 0 Å². The smallest absolute Gasteiger partial charge is 0.0452 e. The van der Waals surface area contributed by atoms with Crippen LogP contribution in [0.2, 0.25) is 0 Å². The zero-order valence-electron chi connectivity index (χ0n) is 9.80. The molecule has 0 aliphatic carbocycles. The van der Waals surface area contributed by atoms with E-state index in [1.807, 2.05) is 12.1 Å². The van der Waals surface area contributed by atoms with Crippen molar-refractivity contribution in [2.24, 2.45) is 0 Å². The van der Waals surface area contributed by atoms with E-state index in [1.165, 1.54) is 10.4 Å². The highest BCUT2D eigenvalue weighted by atomic mass is 32.1. The Morgan fingerprint density at radius 1 is 1.18 bits per heavy atom. The Labute approximate surface area is 107 Å². The number of benzene rings is 1. The minimum absolute atomic E-state index is 0.382. The van der Waals surface area contributed by atoms with E-state index < -0.39 is 0 Å². The molecule has 1 atom stereocenters. The summed E-state index contributed by atoms with van der Waals surface area (Å²) in [5.74, 6) is 0. The third-order valence-electron chi connectivity index (χ3n) is 2.68. The van der Waals surface area contributed by atoms with Gasteiger partial charge in [0, 0.05) is 17.5 Å². The Kier molecular flexibility index (Phi) is 4.54. The van der Waals surface area contributed by atoms with Crippen molar-refractivity contribution in [3.63, 3.8) is 0 Å². The second-order valence-electron chi connectivity index (χ2n) is 3.96. The number of rotatable bonds is 6. The van der Waals surface area contributed by atoms with E-state index in [-0.39, 0.29) is 0 Å². The molecule has 1 aromatic carbocycles. The van der Waals surface area contributed by atoms with Gasteiger partial charge in [0.2, 0.25) is 0 Å². The minimum Gasteiger partial charge on any atom is -0.305 e. The summed E-state index contributed by atoms with van der Waals surface area (Å²) in [6.07, 6.45) is 2.94. The Bertz CT molecular complexity index is 433. The van der Waals surface area contributed by atoms with Crippen molar-refractivity contribution in [2.75, 3.05) is 0 Å². The van der Waals surface area contributed by atoms with E-state index >= 15 is 0 Å². The van der Waals surface area contributed by atoms with Crippen molar-refractivity contribution in [3.05, 3.63) is 70.9 Å². The predicted octanol–water partition coefficient (Wildman–Crippen LogP) is 4.16. The summed E-state index contributed by atoms with van der Waals surface area (Å²) < 4.78 is 0. The molecule has 0 aliphatic rings. The maximum atomic E-state index is 3.83. The summed E-state index contributed by atoms with van der Waals surface area (Å²) in [7, 11) is 0. The van der Waals surface area contributed by atoms with Gasteiger partial charge in [0.05, 0.1) is 0 Å². The fourth-order valence-electron chi connectivity index (χ4n) is 1.79. The van der Waals surface area contributed by atoms with Crippen LogP contribution in [0, 0.1) is 0 Å². The van der Waals surface area contributed by atoms with Crippen LogP contribution in [0.15, 0.2) is 60.5 Å². The molecule has 1 nitrogen and oxygen atoms in total. The molecule has 88 valence electrons. The summed E-state index contributed by atoms with van der Waals surface area (Å²) in [4.78, 5) is 1.38. The second-order valence-corrected chi connectivity index (χ2v) is 4.94. The summed E-state index contributed by atoms with van der Waals surface area (Å²) >= 11 is 1.80. The molecular formula is C15H17NS. The monoisotopic (exact) mass is 243 g/mol. The molecule has 0 saturated heterocycles. The highest BCUT2D eigenvalue weighted by Gasteiger charge is 2.09. The van der Waals surface area contributed by atoms with Gasteiger partial charge in [0.15, 0.2) is 0 Å². The van der Waals surface area contributed by atoms with Gasteiger partial charge in [0.25, 0.3) is 0 Å². The molecule has 0 spiro atoms. The van der Waals surface area contributed by atoms with E-state index in [0.717, 1.165) is 13.0 Å². The Hall–Kier alpha value is -1.38. The highest BCUT2D eigenvalue weighted by Crippen LogP contribution is 2.22. The van der Waals surface area contributed by atoms with Crippen LogP contribution < -0.4 is 5.32 Å². The zero-order chi connectivity index (χ0) is 11.9. The molecule has 1 N–H and O–H groups in total. The number of hydrogen-bond acceptors (Lipinski definition) is 2. The molecule has 1 aromatic heterocycles. The lowest BCUT2D eigenvalue weighted by Gasteiger charge is -2.15. The van der Waals surface area contributed by atoms with Gasteiger partial charge >= 0.3 is 0 Å². The molecule has 0 amide bonds. The third-order valence-corrected chi connectivity index (χ3v) is 3.67. The van der Waals surface area contributed by atoms with Crippen LogP contribution in [-0.2, 0) is 6.54 Å². The normalized spacial score (nSPS) is 12.2. The van der Waals surface area contributed by atoms with Crippen molar-refractivity contribution in [1.82, 2.24) is 5.32 Å². The van der Waals surface area contributed by atoms with Crippen molar-refractivity contribution >= 4 is 11.3 Å². The first-order chi connectivity index (χ1) is 8.40. The predicted molar refractivity (Wildman–Crippen MR) is 75.2 cm³/mol. The molecule has 17 heavy (non-hydrogen) atoms. The lowest BCUT2D eigenvalue weighted by Crippen LogP contribution is -2.19. The van der Waals surface area contributed by atoms with Crippen LogP contribution in [-0.4, -0.2) is 0 Å². The highest BCUT2D eigenvalue weighted by molar-refractivity contribution is 7.10. The third kappa shape index (κ3) is 3.55. The Balaban J connectivity index is 1.97. The molecule has 1 heterocycles. The minimum atomic E-state index is 0.382. The fraction of sp³-hybridized carbons (Fsp3) is 0.200. The van der Waals surface area contributed by atoms with Gasteiger partial charge in [-0.15, -0.1) is 17.9 Å². The van der Waals surface area contributed by atoms with Crippen LogP contribution >= 0.6 is 11.3 Å². The summed E-state index contributed by atoms with van der Waals surface area (Å²) in [6, 6.07) is 15.1. The standard InChI is InChI=1S/C15H17NS/c1-2-7-14(15-10-6-11-17-15)16-12-13-8-4-3-5-9-13/h2-6,8-11,14,16H,1,7,12H2/t14-/m1/s1. The Morgan fingerprint density at radius 3 is 2.65 bits per heavy atom. The lowest BCUT2D eigenvalue weighted by molar-refractivity contribution is 0.547. The first-order valence-electron chi connectivity index (χ1n) is 5.82. The largest absolute Gasteiger partial charge is 0.305 e. The van der Waals surface area contributed by atoms with E-state index in [4.69, 9.17) is 0 Å². The van der Waals surface area contributed by atoms with Crippen molar-refractivity contribution < 1.29 is 0 Å². The van der Waals surface area contributed by atoms with Gasteiger partial charge in [-0.2, -0.15) is 0 Å². The average Bonchev–Trinajstić information content (AvgIpc) is 2.89. The molecule has 0 fully saturated rings. The molecule has 0 unspecified atom stereocenters. The van der Waals surface area contributed by atoms with E-state index in [0.29, 0.717) is 6.04 Å². The zero-order valence-corrected chi connectivity index (χ0v) is 10.6. The van der Waals surface area contributed by atoms with Crippen LogP contribution in [0.3, 0.4) is 0 Å². The van der Waals surface area contributed by atoms with Crippen LogP contribution in [0.5, 0.6) is 0 Å². The fourth-order valence-corrected chi connectivity index (χ4v) is 2.61. The summed E-state index contributed by atoms with van der Waals surface area (Å²) in [6.45, 7) is 4.73. The van der Waals surface area contributed by atoms with Gasteiger partial charge in [-0.25, -0.2) is 0 Å². The number of hydrogen-bond donors (Lipinski definition) is 1. The second kappa shape index (κ2) is 6.38. The van der Waals surface area contributed by atoms with Gasteiger partial charge in [-0.3, -0.25) is 0 Å². The molecular weight excluding hydrogens is 226 g/mol. The number of thiophene rings is 1. The van der Waals surface area contributed by atoms with Crippen LogP contribution in [0.4, 0.5) is 0 Å². The molecule has 0 bridgehead atoms. The van der Waals surface area contributed by atoms with Gasteiger partial charge in [-0.1, -0.05) is 42.5 Å². The number of nitrogens with one attached hydrogen (secondary N) is 1. The molecule has 2 aromatic rings. The SMILES string of the molecule is C=CC[C@@H](NCc1ccccc1)c1cccs1. The molecule has 0 aliphatic heterocycles. The summed E-state index contributed by atoms with van der Waals surface area (Å²) in [5, 5.41) is 5.70. The molecule has 2 rings (SSSR count). The maximum absolute atomic E-state index is 3.83. The van der Waals surface area contributed by atoms with E-state index in [2.05, 4.69) is 53.7 Å². The summed E-state index contributed by atoms with van der Waals surface area (Å²) in [5.41, 5.74) is 1.32. The van der Waals surface area contributed by atoms with Crippen LogP contribution in [0.1, 0.15) is 22.9 Å². The Morgan fingerprint density at radius 2 is 2.00 bits per heavy atom. The van der Waals surface area contributed by atoms with Crippen molar-refractivity contribution in [1.29, 1.82) is 0 Å². The lowest BCUT2D eigenvalue weighted by atomic mass is 10.1. The average molecular weight is 243 g/mol. The molecule has 2 heteroatoms. The van der Waals surface area contributed by atoms with E-state index in [1.54, 1.807) is 11.3 Å². The van der Waals surface area contributed by atoms with E-state index in [9.17, 15) is 0 Å². The van der Waals surface area contributed by atoms with Gasteiger partial charge < -0.3 is 5.32 Å². The first-order valence-corrected chi connectivity index (χ1v) is 6.69. The molecule has 0 saturated carbocycles. The molecule has 0 radical (unpaired) electrons.